The van der Waals surface area contributed by atoms with Crippen molar-refractivity contribution in [3.63, 3.8) is 0 Å². The summed E-state index contributed by atoms with van der Waals surface area (Å²) in [5.41, 5.74) is 1.15. The second kappa shape index (κ2) is 7.30. The number of nitrogens with one attached hydrogen (secondary N) is 1. The van der Waals surface area contributed by atoms with Crippen molar-refractivity contribution in [2.24, 2.45) is 0 Å². The highest BCUT2D eigenvalue weighted by molar-refractivity contribution is 9.11. The molecule has 90 valence electrons. The van der Waals surface area contributed by atoms with Gasteiger partial charge in [-0.25, -0.2) is 0 Å². The zero-order chi connectivity index (χ0) is 12.0. The van der Waals surface area contributed by atoms with Crippen LogP contribution >= 0.6 is 31.9 Å². The van der Waals surface area contributed by atoms with Gasteiger partial charge in [0.25, 0.3) is 0 Å². The van der Waals surface area contributed by atoms with E-state index in [1.165, 1.54) is 0 Å². The second-order valence-corrected chi connectivity index (χ2v) is 5.35. The van der Waals surface area contributed by atoms with Crippen LogP contribution in [-0.2, 0) is 0 Å². The SMILES string of the molecule is CCN(CC)CCNc1ccc(Br)cc1Br. The van der Waals surface area contributed by atoms with Crippen molar-refractivity contribution in [3.8, 4) is 0 Å². The van der Waals surface area contributed by atoms with E-state index >= 15 is 0 Å². The number of likely N-dealkylation sites (N-methyl/N-ethyl adjacent to an activating group) is 1. The van der Waals surface area contributed by atoms with E-state index in [0.29, 0.717) is 0 Å². The third-order valence-corrected chi connectivity index (χ3v) is 3.72. The topological polar surface area (TPSA) is 15.3 Å². The molecule has 1 aromatic rings. The second-order valence-electron chi connectivity index (χ2n) is 3.58. The number of rotatable bonds is 6. The number of nitrogens with zero attached hydrogens (tertiary/aromatic N) is 1. The third-order valence-electron chi connectivity index (χ3n) is 2.57. The lowest BCUT2D eigenvalue weighted by Gasteiger charge is -2.18. The van der Waals surface area contributed by atoms with Gasteiger partial charge in [0.05, 0.1) is 0 Å². The van der Waals surface area contributed by atoms with Gasteiger partial charge in [0.15, 0.2) is 0 Å². The zero-order valence-electron chi connectivity index (χ0n) is 9.76. The highest BCUT2D eigenvalue weighted by Crippen LogP contribution is 2.25. The normalized spacial score (nSPS) is 10.8. The van der Waals surface area contributed by atoms with E-state index in [4.69, 9.17) is 0 Å². The Kier molecular flexibility index (Phi) is 6.39. The van der Waals surface area contributed by atoms with Gasteiger partial charge < -0.3 is 10.2 Å². The molecular weight excluding hydrogens is 332 g/mol. The Morgan fingerprint density at radius 3 is 2.44 bits per heavy atom. The van der Waals surface area contributed by atoms with Crippen molar-refractivity contribution in [1.29, 1.82) is 0 Å². The number of benzene rings is 1. The van der Waals surface area contributed by atoms with Gasteiger partial charge in [0.1, 0.15) is 0 Å². The first-order valence-corrected chi connectivity index (χ1v) is 7.17. The van der Waals surface area contributed by atoms with Gasteiger partial charge >= 0.3 is 0 Å². The fourth-order valence-corrected chi connectivity index (χ4v) is 2.71. The van der Waals surface area contributed by atoms with Crippen molar-refractivity contribution in [3.05, 3.63) is 27.1 Å². The van der Waals surface area contributed by atoms with Crippen molar-refractivity contribution in [1.82, 2.24) is 4.90 Å². The highest BCUT2D eigenvalue weighted by atomic mass is 79.9. The molecule has 4 heteroatoms. The molecule has 0 spiro atoms. The number of hydrogen-bond acceptors (Lipinski definition) is 2. The Balaban J connectivity index is 2.42. The molecule has 0 amide bonds. The molecule has 16 heavy (non-hydrogen) atoms. The van der Waals surface area contributed by atoms with Crippen LogP contribution in [-0.4, -0.2) is 31.1 Å². The van der Waals surface area contributed by atoms with Crippen LogP contribution in [0.4, 0.5) is 5.69 Å². The summed E-state index contributed by atoms with van der Waals surface area (Å²) in [5, 5.41) is 3.43. The molecule has 0 fully saturated rings. The Labute approximate surface area is 115 Å². The minimum atomic E-state index is 0.974. The monoisotopic (exact) mass is 348 g/mol. The highest BCUT2D eigenvalue weighted by Gasteiger charge is 2.01. The fourth-order valence-electron chi connectivity index (χ4n) is 1.52. The minimum absolute atomic E-state index is 0.974. The van der Waals surface area contributed by atoms with Crippen LogP contribution in [0.3, 0.4) is 0 Å². The molecule has 0 radical (unpaired) electrons. The van der Waals surface area contributed by atoms with Crippen molar-refractivity contribution < 1.29 is 0 Å². The summed E-state index contributed by atoms with van der Waals surface area (Å²) in [5.74, 6) is 0. The minimum Gasteiger partial charge on any atom is -0.383 e. The Bertz CT molecular complexity index is 325. The number of anilines is 1. The van der Waals surface area contributed by atoms with Crippen molar-refractivity contribution in [2.45, 2.75) is 13.8 Å². The maximum atomic E-state index is 3.54. The number of halogens is 2. The van der Waals surface area contributed by atoms with Crippen LogP contribution in [0, 0.1) is 0 Å². The van der Waals surface area contributed by atoms with Gasteiger partial charge in [-0.2, -0.15) is 0 Å². The lowest BCUT2D eigenvalue weighted by atomic mass is 10.3. The van der Waals surface area contributed by atoms with Gasteiger partial charge in [0.2, 0.25) is 0 Å². The molecule has 1 rings (SSSR count). The maximum absolute atomic E-state index is 3.54. The van der Waals surface area contributed by atoms with Gasteiger partial charge in [-0.1, -0.05) is 29.8 Å². The van der Waals surface area contributed by atoms with Gasteiger partial charge in [-0.05, 0) is 47.2 Å². The molecule has 0 aliphatic rings. The zero-order valence-corrected chi connectivity index (χ0v) is 12.9. The Morgan fingerprint density at radius 1 is 1.19 bits per heavy atom. The standard InChI is InChI=1S/C12H18Br2N2/c1-3-16(4-2)8-7-15-12-6-5-10(13)9-11(12)14/h5-6,9,15H,3-4,7-8H2,1-2H3. The summed E-state index contributed by atoms with van der Waals surface area (Å²) in [7, 11) is 0. The Hall–Kier alpha value is -0.0600. The van der Waals surface area contributed by atoms with E-state index in [2.05, 4.69) is 68.1 Å². The summed E-state index contributed by atoms with van der Waals surface area (Å²) in [6.45, 7) is 8.66. The summed E-state index contributed by atoms with van der Waals surface area (Å²) in [4.78, 5) is 2.40. The van der Waals surface area contributed by atoms with E-state index in [9.17, 15) is 0 Å². The maximum Gasteiger partial charge on any atom is 0.0485 e. The van der Waals surface area contributed by atoms with Crippen LogP contribution < -0.4 is 5.32 Å². The molecule has 0 bridgehead atoms. The fraction of sp³-hybridized carbons (Fsp3) is 0.500. The summed E-state index contributed by atoms with van der Waals surface area (Å²) in [6.07, 6.45) is 0. The lowest BCUT2D eigenvalue weighted by molar-refractivity contribution is 0.316. The first kappa shape index (κ1) is 14.0. The molecule has 0 saturated heterocycles. The molecule has 0 atom stereocenters. The molecule has 1 aromatic carbocycles. The molecule has 0 unspecified atom stereocenters. The first-order valence-electron chi connectivity index (χ1n) is 5.58. The van der Waals surface area contributed by atoms with E-state index < -0.39 is 0 Å². The molecule has 2 nitrogen and oxygen atoms in total. The predicted molar refractivity (Wildman–Crippen MR) is 78.1 cm³/mol. The van der Waals surface area contributed by atoms with Gasteiger partial charge in [-0.15, -0.1) is 0 Å². The van der Waals surface area contributed by atoms with Gasteiger partial charge in [0, 0.05) is 27.7 Å². The van der Waals surface area contributed by atoms with E-state index in [-0.39, 0.29) is 0 Å². The largest absolute Gasteiger partial charge is 0.383 e. The van der Waals surface area contributed by atoms with Crippen LogP contribution in [0.25, 0.3) is 0 Å². The Morgan fingerprint density at radius 2 is 1.88 bits per heavy atom. The van der Waals surface area contributed by atoms with Crippen molar-refractivity contribution >= 4 is 37.5 Å². The molecule has 1 N–H and O–H groups in total. The van der Waals surface area contributed by atoms with E-state index in [0.717, 1.165) is 40.8 Å². The summed E-state index contributed by atoms with van der Waals surface area (Å²) >= 11 is 6.99. The van der Waals surface area contributed by atoms with Crippen LogP contribution in [0.5, 0.6) is 0 Å². The smallest absolute Gasteiger partial charge is 0.0485 e. The quantitative estimate of drug-likeness (QED) is 0.836. The number of hydrogen-bond donors (Lipinski definition) is 1. The molecule has 0 aliphatic heterocycles. The molecule has 0 saturated carbocycles. The average molecular weight is 350 g/mol. The molecule has 0 aromatic heterocycles. The molecular formula is C12H18Br2N2. The van der Waals surface area contributed by atoms with E-state index in [1.807, 2.05) is 6.07 Å². The van der Waals surface area contributed by atoms with Crippen LogP contribution in [0.2, 0.25) is 0 Å². The van der Waals surface area contributed by atoms with E-state index in [1.54, 1.807) is 0 Å². The summed E-state index contributed by atoms with van der Waals surface area (Å²) in [6, 6.07) is 6.18. The van der Waals surface area contributed by atoms with Crippen molar-refractivity contribution in [2.75, 3.05) is 31.5 Å². The third kappa shape index (κ3) is 4.44. The predicted octanol–water partition coefficient (Wildman–Crippen LogP) is 3.97. The molecule has 0 heterocycles. The van der Waals surface area contributed by atoms with Gasteiger partial charge in [-0.3, -0.25) is 0 Å². The average Bonchev–Trinajstić information content (AvgIpc) is 2.27. The lowest BCUT2D eigenvalue weighted by Crippen LogP contribution is -2.28. The van der Waals surface area contributed by atoms with Crippen LogP contribution in [0.1, 0.15) is 13.8 Å². The molecule has 0 aliphatic carbocycles. The summed E-state index contributed by atoms with van der Waals surface area (Å²) < 4.78 is 2.19. The first-order chi connectivity index (χ1) is 7.67. The van der Waals surface area contributed by atoms with Crippen LogP contribution in [0.15, 0.2) is 27.1 Å².